The second-order valence-electron chi connectivity index (χ2n) is 4.92. The van der Waals surface area contributed by atoms with Gasteiger partial charge in [0.2, 0.25) is 0 Å². The molecule has 132 valence electrons. The topological polar surface area (TPSA) is 61.3 Å². The average molecular weight is 377 g/mol. The van der Waals surface area contributed by atoms with Crippen LogP contribution in [0.15, 0.2) is 41.1 Å². The van der Waals surface area contributed by atoms with E-state index in [1.165, 1.54) is 14.0 Å². The molecule has 0 amide bonds. The van der Waals surface area contributed by atoms with E-state index >= 15 is 0 Å². The Labute approximate surface area is 155 Å². The minimum Gasteiger partial charge on any atom is -0.487 e. The molecule has 0 saturated heterocycles. The van der Waals surface area contributed by atoms with E-state index in [2.05, 4.69) is 27.0 Å². The largest absolute Gasteiger partial charge is 0.487 e. The summed E-state index contributed by atoms with van der Waals surface area (Å²) in [4.78, 5) is 18.7. The van der Waals surface area contributed by atoms with E-state index in [4.69, 9.17) is 4.74 Å². The molecule has 0 saturated carbocycles. The van der Waals surface area contributed by atoms with Gasteiger partial charge in [-0.05, 0) is 18.6 Å². The second kappa shape index (κ2) is 9.90. The number of carbonyl (C=O) groups is 1. The van der Waals surface area contributed by atoms with Crippen molar-refractivity contribution in [2.45, 2.75) is 26.9 Å². The standard InChI is InChI=1S/C15H14N2OS2.C3H6O2/c1-2-14-17-13(10-19-14)15-16-11(9-20-15)8-18-12-6-4-3-5-7-12;1-3(4)5-2/h3-7,9-10H,2,8H2,1H3;1-2H3. The first-order chi connectivity index (χ1) is 12.1. The van der Waals surface area contributed by atoms with Gasteiger partial charge in [-0.15, -0.1) is 22.7 Å². The number of thiazole rings is 2. The normalized spacial score (nSPS) is 9.88. The first kappa shape index (κ1) is 19.1. The number of methoxy groups -OCH3 is 1. The Kier molecular flexibility index (Phi) is 7.56. The van der Waals surface area contributed by atoms with Crippen molar-refractivity contribution in [1.29, 1.82) is 0 Å². The van der Waals surface area contributed by atoms with Gasteiger partial charge in [0, 0.05) is 17.7 Å². The molecule has 0 radical (unpaired) electrons. The number of nitrogens with zero attached hydrogens (tertiary/aromatic N) is 2. The molecule has 0 unspecified atom stereocenters. The lowest BCUT2D eigenvalue weighted by Gasteiger charge is -2.02. The van der Waals surface area contributed by atoms with Crippen molar-refractivity contribution in [2.24, 2.45) is 0 Å². The van der Waals surface area contributed by atoms with Crippen molar-refractivity contribution in [2.75, 3.05) is 7.11 Å². The molecule has 0 N–H and O–H groups in total. The maximum absolute atomic E-state index is 9.59. The van der Waals surface area contributed by atoms with Crippen LogP contribution in [-0.4, -0.2) is 23.0 Å². The van der Waals surface area contributed by atoms with Gasteiger partial charge in [-0.2, -0.15) is 0 Å². The monoisotopic (exact) mass is 376 g/mol. The molecule has 0 atom stereocenters. The number of esters is 1. The van der Waals surface area contributed by atoms with Crippen LogP contribution in [0.5, 0.6) is 5.75 Å². The van der Waals surface area contributed by atoms with Crippen LogP contribution in [0.1, 0.15) is 24.5 Å². The summed E-state index contributed by atoms with van der Waals surface area (Å²) < 4.78 is 9.81. The molecule has 25 heavy (non-hydrogen) atoms. The average Bonchev–Trinajstić information content (AvgIpc) is 3.30. The molecule has 2 aromatic heterocycles. The maximum atomic E-state index is 9.59. The predicted octanol–water partition coefficient (Wildman–Crippen LogP) is 4.59. The summed E-state index contributed by atoms with van der Waals surface area (Å²) in [6.45, 7) is 3.97. The molecule has 7 heteroatoms. The van der Waals surface area contributed by atoms with Crippen molar-refractivity contribution in [1.82, 2.24) is 9.97 Å². The van der Waals surface area contributed by atoms with Crippen LogP contribution in [0.25, 0.3) is 10.7 Å². The summed E-state index contributed by atoms with van der Waals surface area (Å²) in [7, 11) is 1.35. The van der Waals surface area contributed by atoms with E-state index < -0.39 is 0 Å². The molecule has 3 rings (SSSR count). The van der Waals surface area contributed by atoms with Gasteiger partial charge < -0.3 is 9.47 Å². The number of ether oxygens (including phenoxy) is 2. The molecule has 3 aromatic rings. The van der Waals surface area contributed by atoms with Crippen LogP contribution in [0.4, 0.5) is 0 Å². The zero-order valence-corrected chi connectivity index (χ0v) is 16.0. The molecule has 5 nitrogen and oxygen atoms in total. The molecular formula is C18H20N2O3S2. The number of para-hydroxylation sites is 1. The van der Waals surface area contributed by atoms with E-state index in [1.54, 1.807) is 22.7 Å². The Morgan fingerprint density at radius 1 is 1.12 bits per heavy atom. The molecule has 2 heterocycles. The third-order valence-electron chi connectivity index (χ3n) is 3.04. The smallest absolute Gasteiger partial charge is 0.302 e. The van der Waals surface area contributed by atoms with Crippen LogP contribution in [0.2, 0.25) is 0 Å². The fourth-order valence-electron chi connectivity index (χ4n) is 1.74. The number of carbonyl (C=O) groups excluding carboxylic acids is 1. The summed E-state index contributed by atoms with van der Waals surface area (Å²) in [5, 5.41) is 6.22. The molecule has 1 aromatic carbocycles. The van der Waals surface area contributed by atoms with Gasteiger partial charge in [0.15, 0.2) is 0 Å². The van der Waals surface area contributed by atoms with Crippen LogP contribution >= 0.6 is 22.7 Å². The number of benzene rings is 1. The zero-order chi connectivity index (χ0) is 18.1. The Hall–Kier alpha value is -2.25. The summed E-state index contributed by atoms with van der Waals surface area (Å²) >= 11 is 3.30. The molecule has 0 aliphatic heterocycles. The van der Waals surface area contributed by atoms with Crippen molar-refractivity contribution in [3.05, 3.63) is 51.8 Å². The second-order valence-corrected chi connectivity index (χ2v) is 6.72. The van der Waals surface area contributed by atoms with Gasteiger partial charge in [0.25, 0.3) is 0 Å². The quantitative estimate of drug-likeness (QED) is 0.610. The van der Waals surface area contributed by atoms with Crippen LogP contribution < -0.4 is 4.74 Å². The molecular weight excluding hydrogens is 356 g/mol. The minimum atomic E-state index is -0.245. The lowest BCUT2D eigenvalue weighted by molar-refractivity contribution is -0.137. The summed E-state index contributed by atoms with van der Waals surface area (Å²) in [5.41, 5.74) is 1.92. The van der Waals surface area contributed by atoms with Gasteiger partial charge in [0.05, 0.1) is 17.8 Å². The van der Waals surface area contributed by atoms with Crippen molar-refractivity contribution >= 4 is 28.6 Å². The number of aryl methyl sites for hydroxylation is 1. The Morgan fingerprint density at radius 3 is 2.44 bits per heavy atom. The highest BCUT2D eigenvalue weighted by Crippen LogP contribution is 2.26. The van der Waals surface area contributed by atoms with E-state index in [-0.39, 0.29) is 5.97 Å². The predicted molar refractivity (Wildman–Crippen MR) is 101 cm³/mol. The maximum Gasteiger partial charge on any atom is 0.302 e. The summed E-state index contributed by atoms with van der Waals surface area (Å²) in [5.74, 6) is 0.619. The minimum absolute atomic E-state index is 0.245. The Balaban J connectivity index is 0.000000399. The first-order valence-corrected chi connectivity index (χ1v) is 9.49. The highest BCUT2D eigenvalue weighted by atomic mass is 32.1. The molecule has 0 fully saturated rings. The first-order valence-electron chi connectivity index (χ1n) is 7.74. The van der Waals surface area contributed by atoms with E-state index in [0.29, 0.717) is 6.61 Å². The molecule has 0 aliphatic rings. The summed E-state index contributed by atoms with van der Waals surface area (Å²) in [6.07, 6.45) is 0.972. The van der Waals surface area contributed by atoms with E-state index in [0.717, 1.165) is 33.6 Å². The van der Waals surface area contributed by atoms with Gasteiger partial charge in [-0.1, -0.05) is 25.1 Å². The van der Waals surface area contributed by atoms with Crippen molar-refractivity contribution in [3.8, 4) is 16.5 Å². The fraction of sp³-hybridized carbons (Fsp3) is 0.278. The third-order valence-corrected chi connectivity index (χ3v) is 4.95. The van der Waals surface area contributed by atoms with Gasteiger partial charge >= 0.3 is 5.97 Å². The molecule has 0 bridgehead atoms. The third kappa shape index (κ3) is 6.28. The SMILES string of the molecule is CCc1nc(-c2nc(COc3ccccc3)cs2)cs1.COC(C)=O. The number of hydrogen-bond donors (Lipinski definition) is 0. The number of aromatic nitrogens is 2. The summed E-state index contributed by atoms with van der Waals surface area (Å²) in [6, 6.07) is 9.79. The highest BCUT2D eigenvalue weighted by molar-refractivity contribution is 7.14. The van der Waals surface area contributed by atoms with Gasteiger partial charge in [0.1, 0.15) is 23.1 Å². The lowest BCUT2D eigenvalue weighted by atomic mass is 10.3. The van der Waals surface area contributed by atoms with Crippen LogP contribution in [0.3, 0.4) is 0 Å². The molecule has 0 spiro atoms. The van der Waals surface area contributed by atoms with Crippen LogP contribution in [-0.2, 0) is 22.6 Å². The number of rotatable bonds is 5. The Morgan fingerprint density at radius 2 is 1.84 bits per heavy atom. The van der Waals surface area contributed by atoms with Crippen molar-refractivity contribution in [3.63, 3.8) is 0 Å². The van der Waals surface area contributed by atoms with E-state index in [9.17, 15) is 4.79 Å². The molecule has 0 aliphatic carbocycles. The lowest BCUT2D eigenvalue weighted by Crippen LogP contribution is -1.95. The number of hydrogen-bond acceptors (Lipinski definition) is 7. The zero-order valence-electron chi connectivity index (χ0n) is 14.4. The van der Waals surface area contributed by atoms with Crippen LogP contribution in [0, 0.1) is 0 Å². The van der Waals surface area contributed by atoms with Crippen molar-refractivity contribution < 1.29 is 14.3 Å². The Bertz CT molecular complexity index is 784. The fourth-order valence-corrected chi connectivity index (χ4v) is 3.30. The van der Waals surface area contributed by atoms with Gasteiger partial charge in [-0.25, -0.2) is 9.97 Å². The van der Waals surface area contributed by atoms with E-state index in [1.807, 2.05) is 35.7 Å². The highest BCUT2D eigenvalue weighted by Gasteiger charge is 2.09. The van der Waals surface area contributed by atoms with Gasteiger partial charge in [-0.3, -0.25) is 4.79 Å².